The predicted octanol–water partition coefficient (Wildman–Crippen LogP) is 1.93. The van der Waals surface area contributed by atoms with E-state index in [-0.39, 0.29) is 5.82 Å². The van der Waals surface area contributed by atoms with Crippen molar-refractivity contribution in [2.75, 3.05) is 24.5 Å². The zero-order valence-corrected chi connectivity index (χ0v) is 9.26. The first-order chi connectivity index (χ1) is 7.18. The van der Waals surface area contributed by atoms with Crippen LogP contribution < -0.4 is 10.2 Å². The lowest BCUT2D eigenvalue weighted by atomic mass is 10.1. The van der Waals surface area contributed by atoms with Crippen LogP contribution in [0.3, 0.4) is 0 Å². The van der Waals surface area contributed by atoms with Crippen LogP contribution in [0.5, 0.6) is 0 Å². The van der Waals surface area contributed by atoms with Gasteiger partial charge in [-0.25, -0.2) is 4.39 Å². The molecule has 0 bridgehead atoms. The number of halogens is 1. The van der Waals surface area contributed by atoms with Crippen LogP contribution in [0.1, 0.15) is 12.5 Å². The molecule has 0 unspecified atom stereocenters. The highest BCUT2D eigenvalue weighted by Gasteiger charge is 2.20. The SMILES string of the molecule is Cc1ccc(N2CCNC[C@@H]2C)c(F)c1. The average molecular weight is 208 g/mol. The number of hydrogen-bond acceptors (Lipinski definition) is 2. The first kappa shape index (κ1) is 10.4. The standard InChI is InChI=1S/C12H17FN2/c1-9-3-4-12(11(13)7-9)15-6-5-14-8-10(15)2/h3-4,7,10,14H,5-6,8H2,1-2H3/t10-/m0/s1. The molecule has 1 aromatic rings. The lowest BCUT2D eigenvalue weighted by Gasteiger charge is -2.36. The molecule has 1 N–H and O–H groups in total. The third-order valence-corrected chi connectivity index (χ3v) is 2.91. The van der Waals surface area contributed by atoms with Gasteiger partial charge in [0.2, 0.25) is 0 Å². The quantitative estimate of drug-likeness (QED) is 0.758. The van der Waals surface area contributed by atoms with Crippen LogP contribution in [0.4, 0.5) is 10.1 Å². The van der Waals surface area contributed by atoms with E-state index in [1.807, 2.05) is 19.1 Å². The second-order valence-corrected chi connectivity index (χ2v) is 4.20. The molecule has 3 heteroatoms. The summed E-state index contributed by atoms with van der Waals surface area (Å²) < 4.78 is 13.7. The van der Waals surface area contributed by atoms with Crippen molar-refractivity contribution in [1.82, 2.24) is 5.32 Å². The third kappa shape index (κ3) is 2.12. The molecule has 82 valence electrons. The fourth-order valence-electron chi connectivity index (χ4n) is 2.04. The molecule has 1 atom stereocenters. The molecule has 0 spiro atoms. The number of benzene rings is 1. The van der Waals surface area contributed by atoms with Crippen molar-refractivity contribution in [3.8, 4) is 0 Å². The van der Waals surface area contributed by atoms with Crippen LogP contribution in [-0.2, 0) is 0 Å². The third-order valence-electron chi connectivity index (χ3n) is 2.91. The number of hydrogen-bond donors (Lipinski definition) is 1. The molecular formula is C12H17FN2. The van der Waals surface area contributed by atoms with Crippen molar-refractivity contribution < 1.29 is 4.39 Å². The molecule has 1 aromatic carbocycles. The maximum atomic E-state index is 13.7. The highest BCUT2D eigenvalue weighted by atomic mass is 19.1. The molecule has 1 heterocycles. The summed E-state index contributed by atoms with van der Waals surface area (Å²) in [6.45, 7) is 6.76. The van der Waals surface area contributed by atoms with E-state index in [0.29, 0.717) is 6.04 Å². The first-order valence-electron chi connectivity index (χ1n) is 5.42. The number of aryl methyl sites for hydroxylation is 1. The monoisotopic (exact) mass is 208 g/mol. The molecule has 2 nitrogen and oxygen atoms in total. The molecule has 1 saturated heterocycles. The molecule has 0 amide bonds. The van der Waals surface area contributed by atoms with Crippen molar-refractivity contribution in [2.24, 2.45) is 0 Å². The fraction of sp³-hybridized carbons (Fsp3) is 0.500. The normalized spacial score (nSPS) is 21.8. The van der Waals surface area contributed by atoms with E-state index in [2.05, 4.69) is 17.1 Å². The van der Waals surface area contributed by atoms with Crippen LogP contribution in [0.15, 0.2) is 18.2 Å². The molecule has 1 aliphatic rings. The Bertz CT molecular complexity index is 351. The van der Waals surface area contributed by atoms with Gasteiger partial charge in [-0.3, -0.25) is 0 Å². The van der Waals surface area contributed by atoms with Gasteiger partial charge in [-0.15, -0.1) is 0 Å². The highest BCUT2D eigenvalue weighted by Crippen LogP contribution is 2.22. The van der Waals surface area contributed by atoms with Crippen LogP contribution in [0.2, 0.25) is 0 Å². The minimum atomic E-state index is -0.108. The van der Waals surface area contributed by atoms with Gasteiger partial charge in [0.1, 0.15) is 5.82 Å². The minimum Gasteiger partial charge on any atom is -0.364 e. The summed E-state index contributed by atoms with van der Waals surface area (Å²) >= 11 is 0. The van der Waals surface area contributed by atoms with Gasteiger partial charge in [0.25, 0.3) is 0 Å². The maximum Gasteiger partial charge on any atom is 0.146 e. The maximum absolute atomic E-state index is 13.7. The van der Waals surface area contributed by atoms with E-state index >= 15 is 0 Å². The van der Waals surface area contributed by atoms with Gasteiger partial charge in [-0.05, 0) is 31.5 Å². The van der Waals surface area contributed by atoms with Crippen molar-refractivity contribution >= 4 is 5.69 Å². The van der Waals surface area contributed by atoms with E-state index in [9.17, 15) is 4.39 Å². The molecule has 15 heavy (non-hydrogen) atoms. The summed E-state index contributed by atoms with van der Waals surface area (Å²) in [5.41, 5.74) is 1.70. The number of rotatable bonds is 1. The molecule has 2 rings (SSSR count). The van der Waals surface area contributed by atoms with Gasteiger partial charge in [-0.1, -0.05) is 6.07 Å². The minimum absolute atomic E-state index is 0.108. The molecule has 1 fully saturated rings. The second-order valence-electron chi connectivity index (χ2n) is 4.20. The van der Waals surface area contributed by atoms with Gasteiger partial charge in [0.05, 0.1) is 5.69 Å². The molecule has 0 aromatic heterocycles. The number of piperazine rings is 1. The first-order valence-corrected chi connectivity index (χ1v) is 5.42. The Balaban J connectivity index is 2.27. The summed E-state index contributed by atoms with van der Waals surface area (Å²) in [5, 5.41) is 3.30. The topological polar surface area (TPSA) is 15.3 Å². The zero-order chi connectivity index (χ0) is 10.8. The van der Waals surface area contributed by atoms with Crippen LogP contribution in [0, 0.1) is 12.7 Å². The van der Waals surface area contributed by atoms with Crippen molar-refractivity contribution in [3.05, 3.63) is 29.6 Å². The molecule has 0 radical (unpaired) electrons. The Labute approximate surface area is 90.1 Å². The summed E-state index contributed by atoms with van der Waals surface area (Å²) in [6, 6.07) is 5.81. The van der Waals surface area contributed by atoms with Gasteiger partial charge in [-0.2, -0.15) is 0 Å². The van der Waals surface area contributed by atoms with Gasteiger partial charge < -0.3 is 10.2 Å². The average Bonchev–Trinajstić information content (AvgIpc) is 2.20. The van der Waals surface area contributed by atoms with Crippen molar-refractivity contribution in [1.29, 1.82) is 0 Å². The van der Waals surface area contributed by atoms with Crippen LogP contribution in [-0.4, -0.2) is 25.7 Å². The van der Waals surface area contributed by atoms with Gasteiger partial charge in [0.15, 0.2) is 0 Å². The van der Waals surface area contributed by atoms with Gasteiger partial charge in [0, 0.05) is 25.7 Å². The molecule has 0 saturated carbocycles. The Kier molecular flexibility index (Phi) is 2.91. The van der Waals surface area contributed by atoms with Crippen LogP contribution in [0.25, 0.3) is 0 Å². The summed E-state index contributed by atoms with van der Waals surface area (Å²) in [5.74, 6) is -0.108. The Morgan fingerprint density at radius 3 is 2.93 bits per heavy atom. The van der Waals surface area contributed by atoms with E-state index in [1.165, 1.54) is 0 Å². The predicted molar refractivity (Wildman–Crippen MR) is 60.8 cm³/mol. The summed E-state index contributed by atoms with van der Waals surface area (Å²) in [6.07, 6.45) is 0. The molecular weight excluding hydrogens is 191 g/mol. The second kappa shape index (κ2) is 4.19. The zero-order valence-electron chi connectivity index (χ0n) is 9.26. The van der Waals surface area contributed by atoms with E-state index in [1.54, 1.807) is 6.07 Å². The Morgan fingerprint density at radius 2 is 2.27 bits per heavy atom. The Hall–Kier alpha value is -1.09. The fourth-order valence-corrected chi connectivity index (χ4v) is 2.04. The number of anilines is 1. The van der Waals surface area contributed by atoms with E-state index in [0.717, 1.165) is 30.9 Å². The van der Waals surface area contributed by atoms with Crippen molar-refractivity contribution in [2.45, 2.75) is 19.9 Å². The highest BCUT2D eigenvalue weighted by molar-refractivity contribution is 5.50. The summed E-state index contributed by atoms with van der Waals surface area (Å²) in [7, 11) is 0. The van der Waals surface area contributed by atoms with E-state index in [4.69, 9.17) is 0 Å². The lowest BCUT2D eigenvalue weighted by molar-refractivity contribution is 0.491. The van der Waals surface area contributed by atoms with Crippen LogP contribution >= 0.6 is 0 Å². The lowest BCUT2D eigenvalue weighted by Crippen LogP contribution is -2.50. The van der Waals surface area contributed by atoms with Crippen molar-refractivity contribution in [3.63, 3.8) is 0 Å². The summed E-state index contributed by atoms with van der Waals surface area (Å²) in [4.78, 5) is 2.13. The largest absolute Gasteiger partial charge is 0.364 e. The van der Waals surface area contributed by atoms with E-state index < -0.39 is 0 Å². The smallest absolute Gasteiger partial charge is 0.146 e. The Morgan fingerprint density at radius 1 is 1.47 bits per heavy atom. The molecule has 1 aliphatic heterocycles. The number of nitrogens with zero attached hydrogens (tertiary/aromatic N) is 1. The van der Waals surface area contributed by atoms with Gasteiger partial charge >= 0.3 is 0 Å². The molecule has 0 aliphatic carbocycles. The number of nitrogens with one attached hydrogen (secondary N) is 1.